The number of aliphatic hydroxyl groups is 1. The van der Waals surface area contributed by atoms with Crippen molar-refractivity contribution in [2.75, 3.05) is 72.6 Å². The van der Waals surface area contributed by atoms with Crippen LogP contribution in [0.3, 0.4) is 0 Å². The van der Waals surface area contributed by atoms with Gasteiger partial charge in [-0.2, -0.15) is 0 Å². The van der Waals surface area contributed by atoms with E-state index in [1.807, 2.05) is 7.05 Å². The molecule has 114 valence electrons. The van der Waals surface area contributed by atoms with E-state index >= 15 is 0 Å². The predicted molar refractivity (Wildman–Crippen MR) is 74.2 cm³/mol. The zero-order chi connectivity index (χ0) is 14.5. The Bertz CT molecular complexity index is 348. The Hall–Kier alpha value is -1.18. The van der Waals surface area contributed by atoms with E-state index in [0.717, 1.165) is 26.2 Å². The summed E-state index contributed by atoms with van der Waals surface area (Å²) >= 11 is 0. The molecule has 2 rings (SSSR count). The van der Waals surface area contributed by atoms with E-state index in [2.05, 4.69) is 9.80 Å². The number of aliphatic hydroxyl groups excluding tert-OH is 1. The monoisotopic (exact) mass is 284 g/mol. The van der Waals surface area contributed by atoms with E-state index in [9.17, 15) is 9.59 Å². The molecule has 1 N–H and O–H groups in total. The van der Waals surface area contributed by atoms with Crippen LogP contribution >= 0.6 is 0 Å². The lowest BCUT2D eigenvalue weighted by atomic mass is 10.2. The number of β-amino-alcohol motifs (C(OH)–C–C–N with tert-alkyl or cyclic N) is 1. The van der Waals surface area contributed by atoms with Crippen molar-refractivity contribution in [3.05, 3.63) is 0 Å². The molecule has 20 heavy (non-hydrogen) atoms. The Morgan fingerprint density at radius 2 is 1.30 bits per heavy atom. The highest BCUT2D eigenvalue weighted by Crippen LogP contribution is 2.06. The molecule has 0 atom stereocenters. The summed E-state index contributed by atoms with van der Waals surface area (Å²) in [6, 6.07) is 0. The molecule has 2 saturated heterocycles. The lowest BCUT2D eigenvalue weighted by Gasteiger charge is -2.36. The third kappa shape index (κ3) is 3.68. The summed E-state index contributed by atoms with van der Waals surface area (Å²) in [4.78, 5) is 31.9. The Morgan fingerprint density at radius 3 is 1.75 bits per heavy atom. The van der Waals surface area contributed by atoms with Gasteiger partial charge in [0.1, 0.15) is 0 Å². The van der Waals surface area contributed by atoms with E-state index in [1.165, 1.54) is 0 Å². The van der Waals surface area contributed by atoms with E-state index < -0.39 is 0 Å². The summed E-state index contributed by atoms with van der Waals surface area (Å²) in [5.41, 5.74) is 0. The number of piperazine rings is 2. The van der Waals surface area contributed by atoms with Gasteiger partial charge >= 0.3 is 11.8 Å². The normalized spacial score (nSPS) is 22.1. The molecule has 0 saturated carbocycles. The van der Waals surface area contributed by atoms with Crippen LogP contribution in [-0.4, -0.2) is 109 Å². The maximum Gasteiger partial charge on any atom is 0.312 e. The fraction of sp³-hybridized carbons (Fsp3) is 0.846. The summed E-state index contributed by atoms with van der Waals surface area (Å²) in [6.45, 7) is 6.26. The first-order chi connectivity index (χ1) is 9.61. The Labute approximate surface area is 119 Å². The van der Waals surface area contributed by atoms with Gasteiger partial charge in [-0.25, -0.2) is 0 Å². The van der Waals surface area contributed by atoms with Gasteiger partial charge in [0.2, 0.25) is 0 Å². The van der Waals surface area contributed by atoms with Crippen LogP contribution < -0.4 is 0 Å². The van der Waals surface area contributed by atoms with Crippen molar-refractivity contribution in [1.82, 2.24) is 19.6 Å². The molecule has 7 nitrogen and oxygen atoms in total. The minimum absolute atomic E-state index is 0.133. The first kappa shape index (κ1) is 15.2. The van der Waals surface area contributed by atoms with E-state index in [-0.39, 0.29) is 18.4 Å². The van der Waals surface area contributed by atoms with Gasteiger partial charge in [0, 0.05) is 58.9 Å². The molecule has 2 aliphatic rings. The Balaban J connectivity index is 1.81. The highest BCUT2D eigenvalue weighted by Gasteiger charge is 2.30. The molecule has 0 radical (unpaired) electrons. The van der Waals surface area contributed by atoms with Crippen LogP contribution in [0.1, 0.15) is 0 Å². The number of hydrogen-bond donors (Lipinski definition) is 1. The second-order valence-electron chi connectivity index (χ2n) is 5.45. The molecule has 0 aromatic heterocycles. The van der Waals surface area contributed by atoms with Gasteiger partial charge in [0.15, 0.2) is 0 Å². The van der Waals surface area contributed by atoms with Crippen LogP contribution in [0, 0.1) is 0 Å². The van der Waals surface area contributed by atoms with E-state index in [0.29, 0.717) is 32.7 Å². The molecule has 2 fully saturated rings. The minimum Gasteiger partial charge on any atom is -0.395 e. The molecule has 2 aliphatic heterocycles. The van der Waals surface area contributed by atoms with E-state index in [1.54, 1.807) is 9.80 Å². The maximum atomic E-state index is 12.2. The highest BCUT2D eigenvalue weighted by molar-refractivity contribution is 6.34. The summed E-state index contributed by atoms with van der Waals surface area (Å²) in [7, 11) is 2.02. The second-order valence-corrected chi connectivity index (χ2v) is 5.45. The average molecular weight is 284 g/mol. The first-order valence-electron chi connectivity index (χ1n) is 7.21. The molecule has 7 heteroatoms. The molecule has 0 aromatic carbocycles. The number of carbonyl (C=O) groups excluding carboxylic acids is 2. The lowest BCUT2D eigenvalue weighted by Crippen LogP contribution is -2.56. The summed E-state index contributed by atoms with van der Waals surface area (Å²) in [5.74, 6) is -0.744. The molecular weight excluding hydrogens is 260 g/mol. The number of amides is 2. The molecule has 0 spiro atoms. The number of nitrogens with zero attached hydrogens (tertiary/aromatic N) is 4. The third-order valence-corrected chi connectivity index (χ3v) is 4.05. The molecule has 2 amide bonds. The lowest BCUT2D eigenvalue weighted by molar-refractivity contribution is -0.153. The fourth-order valence-electron chi connectivity index (χ4n) is 2.60. The van der Waals surface area contributed by atoms with Crippen LogP contribution in [0.5, 0.6) is 0 Å². The molecular formula is C13H24N4O3. The predicted octanol–water partition coefficient (Wildman–Crippen LogP) is -2.10. The quantitative estimate of drug-likeness (QED) is 0.588. The minimum atomic E-state index is -0.377. The standard InChI is InChI=1S/C13H24N4O3/c1-14-2-6-16(7-3-14)12(19)13(20)17-8-4-15(5-9-17)10-11-18/h18H,2-11H2,1H3. The summed E-state index contributed by atoms with van der Waals surface area (Å²) < 4.78 is 0. The second kappa shape index (κ2) is 7.01. The number of carbonyl (C=O) groups is 2. The zero-order valence-electron chi connectivity index (χ0n) is 12.1. The third-order valence-electron chi connectivity index (χ3n) is 4.05. The van der Waals surface area contributed by atoms with Crippen molar-refractivity contribution in [2.45, 2.75) is 0 Å². The molecule has 0 unspecified atom stereocenters. The highest BCUT2D eigenvalue weighted by atomic mass is 16.3. The van der Waals surface area contributed by atoms with Crippen LogP contribution in [0.25, 0.3) is 0 Å². The SMILES string of the molecule is CN1CCN(C(=O)C(=O)N2CCN(CCO)CC2)CC1. The van der Waals surface area contributed by atoms with E-state index in [4.69, 9.17) is 5.11 Å². The first-order valence-corrected chi connectivity index (χ1v) is 7.21. The molecule has 0 aromatic rings. The topological polar surface area (TPSA) is 67.3 Å². The van der Waals surface area contributed by atoms with Gasteiger partial charge in [0.05, 0.1) is 6.61 Å². The smallest absolute Gasteiger partial charge is 0.312 e. The van der Waals surface area contributed by atoms with Crippen LogP contribution in [0.4, 0.5) is 0 Å². The van der Waals surface area contributed by atoms with Crippen molar-refractivity contribution in [3.8, 4) is 0 Å². The Kier molecular flexibility index (Phi) is 5.33. The summed E-state index contributed by atoms with van der Waals surface area (Å²) in [5, 5.41) is 8.89. The van der Waals surface area contributed by atoms with Gasteiger partial charge in [-0.1, -0.05) is 0 Å². The number of likely N-dealkylation sites (N-methyl/N-ethyl adjacent to an activating group) is 1. The largest absolute Gasteiger partial charge is 0.395 e. The zero-order valence-corrected chi connectivity index (χ0v) is 12.1. The van der Waals surface area contributed by atoms with Crippen molar-refractivity contribution < 1.29 is 14.7 Å². The maximum absolute atomic E-state index is 12.2. The van der Waals surface area contributed by atoms with Gasteiger partial charge < -0.3 is 19.8 Å². The molecule has 2 heterocycles. The van der Waals surface area contributed by atoms with Gasteiger partial charge in [-0.3, -0.25) is 14.5 Å². The fourth-order valence-corrected chi connectivity index (χ4v) is 2.60. The summed E-state index contributed by atoms with van der Waals surface area (Å²) in [6.07, 6.45) is 0. The average Bonchev–Trinajstić information content (AvgIpc) is 2.48. The van der Waals surface area contributed by atoms with Crippen LogP contribution in [0.2, 0.25) is 0 Å². The van der Waals surface area contributed by atoms with Crippen molar-refractivity contribution in [3.63, 3.8) is 0 Å². The van der Waals surface area contributed by atoms with Gasteiger partial charge in [-0.05, 0) is 7.05 Å². The molecule has 0 aliphatic carbocycles. The van der Waals surface area contributed by atoms with Crippen LogP contribution in [-0.2, 0) is 9.59 Å². The molecule has 0 bridgehead atoms. The number of hydrogen-bond acceptors (Lipinski definition) is 5. The van der Waals surface area contributed by atoms with Crippen molar-refractivity contribution in [2.24, 2.45) is 0 Å². The van der Waals surface area contributed by atoms with Gasteiger partial charge in [-0.15, -0.1) is 0 Å². The van der Waals surface area contributed by atoms with Gasteiger partial charge in [0.25, 0.3) is 0 Å². The number of rotatable bonds is 2. The Morgan fingerprint density at radius 1 is 0.850 bits per heavy atom. The van der Waals surface area contributed by atoms with Crippen molar-refractivity contribution >= 4 is 11.8 Å². The van der Waals surface area contributed by atoms with Crippen LogP contribution in [0.15, 0.2) is 0 Å². The van der Waals surface area contributed by atoms with Crippen molar-refractivity contribution in [1.29, 1.82) is 0 Å².